The molecule has 0 aliphatic rings. The summed E-state index contributed by atoms with van der Waals surface area (Å²) in [4.78, 5) is 22.6. The number of hydrogen-bond donors (Lipinski definition) is 2. The SMILES string of the molecule is COc1ccc(CC(=O)N/N=C\c2cc(Cl)c(OCC(=O)O)c(OC)c2)cc1. The largest absolute Gasteiger partial charge is 0.497 e. The van der Waals surface area contributed by atoms with E-state index in [1.165, 1.54) is 19.4 Å². The Kier molecular flexibility index (Phi) is 7.65. The van der Waals surface area contributed by atoms with Crippen molar-refractivity contribution in [3.05, 3.63) is 52.5 Å². The minimum absolute atomic E-state index is 0.118. The number of carbonyl (C=O) groups is 2. The maximum absolute atomic E-state index is 12.0. The molecule has 0 heterocycles. The Morgan fingerprint density at radius 1 is 1.18 bits per heavy atom. The number of aliphatic carboxylic acids is 1. The van der Waals surface area contributed by atoms with Crippen LogP contribution in [0.4, 0.5) is 0 Å². The third-order valence-electron chi connectivity index (χ3n) is 3.52. The van der Waals surface area contributed by atoms with Crippen LogP contribution in [0.5, 0.6) is 17.2 Å². The average molecular weight is 407 g/mol. The molecule has 0 saturated heterocycles. The summed E-state index contributed by atoms with van der Waals surface area (Å²) >= 11 is 6.11. The summed E-state index contributed by atoms with van der Waals surface area (Å²) < 4.78 is 15.4. The molecular formula is C19H19ClN2O6. The minimum atomic E-state index is -1.14. The summed E-state index contributed by atoms with van der Waals surface area (Å²) in [6.07, 6.45) is 1.55. The number of carbonyl (C=O) groups excluding carboxylic acids is 1. The number of carboxylic acids is 1. The third kappa shape index (κ3) is 6.17. The van der Waals surface area contributed by atoms with Gasteiger partial charge in [0.15, 0.2) is 18.1 Å². The molecule has 0 radical (unpaired) electrons. The fraction of sp³-hybridized carbons (Fsp3) is 0.211. The van der Waals surface area contributed by atoms with Crippen LogP contribution in [0.15, 0.2) is 41.5 Å². The number of nitrogens with zero attached hydrogens (tertiary/aromatic N) is 1. The molecule has 0 spiro atoms. The van der Waals surface area contributed by atoms with Crippen molar-refractivity contribution in [3.63, 3.8) is 0 Å². The summed E-state index contributed by atoms with van der Waals surface area (Å²) in [6, 6.07) is 10.2. The van der Waals surface area contributed by atoms with E-state index in [0.29, 0.717) is 11.3 Å². The van der Waals surface area contributed by atoms with Gasteiger partial charge in [-0.15, -0.1) is 0 Å². The van der Waals surface area contributed by atoms with E-state index < -0.39 is 12.6 Å². The lowest BCUT2D eigenvalue weighted by atomic mass is 10.1. The van der Waals surface area contributed by atoms with Gasteiger partial charge in [-0.2, -0.15) is 5.10 Å². The summed E-state index contributed by atoms with van der Waals surface area (Å²) in [5.41, 5.74) is 3.78. The van der Waals surface area contributed by atoms with Crippen LogP contribution in [0.25, 0.3) is 0 Å². The lowest BCUT2D eigenvalue weighted by Gasteiger charge is -2.11. The molecule has 0 bridgehead atoms. The second-order valence-electron chi connectivity index (χ2n) is 5.53. The van der Waals surface area contributed by atoms with Gasteiger partial charge in [0, 0.05) is 0 Å². The fourth-order valence-corrected chi connectivity index (χ4v) is 2.51. The van der Waals surface area contributed by atoms with Crippen molar-refractivity contribution in [2.45, 2.75) is 6.42 Å². The maximum atomic E-state index is 12.0. The first-order valence-electron chi connectivity index (χ1n) is 8.10. The van der Waals surface area contributed by atoms with Crippen molar-refractivity contribution >= 4 is 29.7 Å². The van der Waals surface area contributed by atoms with Crippen molar-refractivity contribution in [1.82, 2.24) is 5.43 Å². The van der Waals surface area contributed by atoms with Crippen LogP contribution in [0.3, 0.4) is 0 Å². The highest BCUT2D eigenvalue weighted by molar-refractivity contribution is 6.32. The lowest BCUT2D eigenvalue weighted by molar-refractivity contribution is -0.139. The molecule has 2 rings (SSSR count). The third-order valence-corrected chi connectivity index (χ3v) is 3.80. The topological polar surface area (TPSA) is 106 Å². The fourth-order valence-electron chi connectivity index (χ4n) is 2.24. The minimum Gasteiger partial charge on any atom is -0.497 e. The molecule has 0 aromatic heterocycles. The molecule has 2 aromatic carbocycles. The summed E-state index contributed by atoms with van der Waals surface area (Å²) in [5.74, 6) is -0.347. The number of hydrazone groups is 1. The van der Waals surface area contributed by atoms with Gasteiger partial charge in [0.05, 0.1) is 31.9 Å². The van der Waals surface area contributed by atoms with Crippen LogP contribution >= 0.6 is 11.6 Å². The molecule has 0 saturated carbocycles. The van der Waals surface area contributed by atoms with Crippen LogP contribution in [-0.2, 0) is 16.0 Å². The Labute approximate surface area is 166 Å². The quantitative estimate of drug-likeness (QED) is 0.489. The zero-order chi connectivity index (χ0) is 20.5. The molecule has 0 aliphatic heterocycles. The highest BCUT2D eigenvalue weighted by atomic mass is 35.5. The zero-order valence-corrected chi connectivity index (χ0v) is 16.0. The van der Waals surface area contributed by atoms with Gasteiger partial charge in [-0.1, -0.05) is 23.7 Å². The van der Waals surface area contributed by atoms with Crippen molar-refractivity contribution in [1.29, 1.82) is 0 Å². The molecule has 0 unspecified atom stereocenters. The Balaban J connectivity index is 1.99. The molecule has 1 amide bonds. The van der Waals surface area contributed by atoms with E-state index in [1.54, 1.807) is 37.4 Å². The molecule has 8 nitrogen and oxygen atoms in total. The molecule has 2 N–H and O–H groups in total. The molecule has 0 atom stereocenters. The van der Waals surface area contributed by atoms with Crippen molar-refractivity contribution in [2.24, 2.45) is 5.10 Å². The number of ether oxygens (including phenoxy) is 3. The van der Waals surface area contributed by atoms with Crippen molar-refractivity contribution in [3.8, 4) is 17.2 Å². The molecule has 0 aliphatic carbocycles. The number of halogens is 1. The van der Waals surface area contributed by atoms with E-state index in [-0.39, 0.29) is 28.8 Å². The summed E-state index contributed by atoms with van der Waals surface area (Å²) in [7, 11) is 2.97. The Bertz CT molecular complexity index is 867. The summed E-state index contributed by atoms with van der Waals surface area (Å²) in [5, 5.41) is 12.8. The van der Waals surface area contributed by atoms with E-state index >= 15 is 0 Å². The number of carboxylic acid groups (broad SMARTS) is 1. The van der Waals surface area contributed by atoms with E-state index in [0.717, 1.165) is 5.56 Å². The monoisotopic (exact) mass is 406 g/mol. The highest BCUT2D eigenvalue weighted by Gasteiger charge is 2.13. The van der Waals surface area contributed by atoms with E-state index in [2.05, 4.69) is 10.5 Å². The zero-order valence-electron chi connectivity index (χ0n) is 15.3. The predicted molar refractivity (Wildman–Crippen MR) is 104 cm³/mol. The van der Waals surface area contributed by atoms with Crippen LogP contribution < -0.4 is 19.6 Å². The van der Waals surface area contributed by atoms with E-state index in [4.69, 9.17) is 30.9 Å². The second kappa shape index (κ2) is 10.2. The van der Waals surface area contributed by atoms with Crippen LogP contribution in [0.1, 0.15) is 11.1 Å². The van der Waals surface area contributed by atoms with Gasteiger partial charge in [0.1, 0.15) is 5.75 Å². The second-order valence-corrected chi connectivity index (χ2v) is 5.94. The normalized spacial score (nSPS) is 10.5. The van der Waals surface area contributed by atoms with Gasteiger partial charge >= 0.3 is 5.97 Å². The number of rotatable bonds is 9. The van der Waals surface area contributed by atoms with Gasteiger partial charge in [-0.05, 0) is 35.4 Å². The molecular weight excluding hydrogens is 388 g/mol. The maximum Gasteiger partial charge on any atom is 0.341 e. The standard InChI is InChI=1S/C19H19ClN2O6/c1-26-14-5-3-12(4-6-14)9-17(23)22-21-10-13-7-15(20)19(16(8-13)27-2)28-11-18(24)25/h3-8,10H,9,11H2,1-2H3,(H,22,23)(H,24,25)/b21-10-. The number of methoxy groups -OCH3 is 2. The van der Waals surface area contributed by atoms with Crippen molar-refractivity contribution < 1.29 is 28.9 Å². The smallest absolute Gasteiger partial charge is 0.341 e. The first-order chi connectivity index (χ1) is 13.4. The number of amides is 1. The molecule has 9 heteroatoms. The van der Waals surface area contributed by atoms with Gasteiger partial charge in [0.2, 0.25) is 5.91 Å². The van der Waals surface area contributed by atoms with Crippen LogP contribution in [-0.4, -0.2) is 44.0 Å². The number of hydrogen-bond acceptors (Lipinski definition) is 6. The number of benzene rings is 2. The Morgan fingerprint density at radius 2 is 1.89 bits per heavy atom. The molecule has 148 valence electrons. The first-order valence-corrected chi connectivity index (χ1v) is 8.47. The Morgan fingerprint density at radius 3 is 2.50 bits per heavy atom. The van der Waals surface area contributed by atoms with E-state index in [9.17, 15) is 9.59 Å². The van der Waals surface area contributed by atoms with Gasteiger partial charge in [-0.25, -0.2) is 10.2 Å². The van der Waals surface area contributed by atoms with Crippen LogP contribution in [0, 0.1) is 0 Å². The lowest BCUT2D eigenvalue weighted by Crippen LogP contribution is -2.19. The molecule has 2 aromatic rings. The first kappa shape index (κ1) is 21.0. The molecule has 28 heavy (non-hydrogen) atoms. The van der Waals surface area contributed by atoms with E-state index in [1.807, 2.05) is 0 Å². The predicted octanol–water partition coefficient (Wildman–Crippen LogP) is 2.51. The average Bonchev–Trinajstić information content (AvgIpc) is 2.67. The molecule has 0 fully saturated rings. The number of nitrogens with one attached hydrogen (secondary N) is 1. The van der Waals surface area contributed by atoms with Crippen molar-refractivity contribution in [2.75, 3.05) is 20.8 Å². The summed E-state index contributed by atoms with van der Waals surface area (Å²) in [6.45, 7) is -0.551. The van der Waals surface area contributed by atoms with Gasteiger partial charge in [-0.3, -0.25) is 4.79 Å². The Hall–Kier alpha value is -3.26. The van der Waals surface area contributed by atoms with Crippen LogP contribution in [0.2, 0.25) is 5.02 Å². The van der Waals surface area contributed by atoms with Gasteiger partial charge in [0.25, 0.3) is 0 Å². The highest BCUT2D eigenvalue weighted by Crippen LogP contribution is 2.36. The van der Waals surface area contributed by atoms with Gasteiger partial charge < -0.3 is 19.3 Å².